The Morgan fingerprint density at radius 3 is 1.60 bits per heavy atom. The Hall–Kier alpha value is -8.46. The number of para-hydroxylation sites is 2. The molecule has 4 aliphatic rings. The smallest absolute Gasteiger partial charge is 0.0740 e. The number of hydrogen-bond acceptors (Lipinski definition) is 1. The van der Waals surface area contributed by atoms with Gasteiger partial charge >= 0.3 is 0 Å². The molecule has 4 aliphatic carbocycles. The summed E-state index contributed by atoms with van der Waals surface area (Å²) in [7, 11) is 0. The molecule has 0 fully saturated rings. The van der Waals surface area contributed by atoms with Crippen molar-refractivity contribution in [3.8, 4) is 27.9 Å². The Morgan fingerprint density at radius 2 is 0.926 bits per heavy atom. The Balaban J connectivity index is 1.08. The number of aromatic nitrogens is 1. The highest BCUT2D eigenvalue weighted by atomic mass is 15.1. The molecular formula is C66H44N2. The lowest BCUT2D eigenvalue weighted by molar-refractivity contribution is 0.633. The summed E-state index contributed by atoms with van der Waals surface area (Å²) in [5, 5.41) is 2.47. The molecule has 0 saturated heterocycles. The van der Waals surface area contributed by atoms with Gasteiger partial charge in [-0.15, -0.1) is 0 Å². The van der Waals surface area contributed by atoms with Gasteiger partial charge in [-0.25, -0.2) is 0 Å². The van der Waals surface area contributed by atoms with E-state index in [1.54, 1.807) is 0 Å². The third-order valence-corrected chi connectivity index (χ3v) is 15.9. The second kappa shape index (κ2) is 14.0. The molecule has 0 atom stereocenters. The van der Waals surface area contributed by atoms with Crippen LogP contribution in [0.1, 0.15) is 62.1 Å². The third kappa shape index (κ3) is 4.76. The average molecular weight is 865 g/mol. The van der Waals surface area contributed by atoms with Crippen LogP contribution in [-0.2, 0) is 17.3 Å². The maximum Gasteiger partial charge on any atom is 0.0740 e. The fourth-order valence-electron chi connectivity index (χ4n) is 13.4. The first kappa shape index (κ1) is 37.7. The van der Waals surface area contributed by atoms with Crippen molar-refractivity contribution in [3.05, 3.63) is 292 Å². The van der Waals surface area contributed by atoms with Crippen molar-refractivity contribution in [1.82, 2.24) is 4.57 Å². The summed E-state index contributed by atoms with van der Waals surface area (Å²) >= 11 is 0. The van der Waals surface area contributed by atoms with Crippen molar-refractivity contribution in [2.75, 3.05) is 4.90 Å². The topological polar surface area (TPSA) is 8.17 Å². The molecule has 1 heterocycles. The minimum Gasteiger partial charge on any atom is -0.310 e. The lowest BCUT2D eigenvalue weighted by Gasteiger charge is -2.50. The number of benzene rings is 10. The van der Waals surface area contributed by atoms with E-state index >= 15 is 0 Å². The number of allylic oxidation sites excluding steroid dienone is 1. The SMILES string of the molecule is C1=Cc2ccc(-n3c4ccccc4c4cc(N(c5ccccc5)c5cccc6c5C5(c7ccccc7-c7ccccc75)c5ccccc5C65c6ccccc6-c6ccccc65)ccc43)cc2CC1. The number of nitrogens with zero attached hydrogens (tertiary/aromatic N) is 2. The van der Waals surface area contributed by atoms with Gasteiger partial charge in [0.05, 0.1) is 27.6 Å². The molecule has 2 nitrogen and oxygen atoms in total. The van der Waals surface area contributed by atoms with Crippen molar-refractivity contribution in [1.29, 1.82) is 0 Å². The van der Waals surface area contributed by atoms with Gasteiger partial charge in [-0.2, -0.15) is 0 Å². The van der Waals surface area contributed by atoms with Crippen LogP contribution in [0.3, 0.4) is 0 Å². The zero-order chi connectivity index (χ0) is 44.6. The van der Waals surface area contributed by atoms with Crippen LogP contribution < -0.4 is 4.90 Å². The van der Waals surface area contributed by atoms with Gasteiger partial charge in [-0.05, 0) is 140 Å². The zero-order valence-corrected chi connectivity index (χ0v) is 37.4. The van der Waals surface area contributed by atoms with Gasteiger partial charge in [0.15, 0.2) is 0 Å². The minimum absolute atomic E-state index is 0.586. The summed E-state index contributed by atoms with van der Waals surface area (Å²) in [6.07, 6.45) is 6.71. The Kier molecular flexibility index (Phi) is 7.78. The van der Waals surface area contributed by atoms with Crippen LogP contribution in [0.25, 0.3) is 55.8 Å². The molecule has 0 radical (unpaired) electrons. The van der Waals surface area contributed by atoms with Crippen LogP contribution in [0.5, 0.6) is 0 Å². The van der Waals surface area contributed by atoms with Gasteiger partial charge in [-0.3, -0.25) is 0 Å². The van der Waals surface area contributed by atoms with Gasteiger partial charge in [0.1, 0.15) is 0 Å². The van der Waals surface area contributed by atoms with Crippen LogP contribution in [0.2, 0.25) is 0 Å². The Bertz CT molecular complexity index is 3850. The van der Waals surface area contributed by atoms with Gasteiger partial charge in [-0.1, -0.05) is 188 Å². The molecule has 0 aliphatic heterocycles. The summed E-state index contributed by atoms with van der Waals surface area (Å²) in [5.41, 5.74) is 24.3. The molecule has 1 aromatic heterocycles. The van der Waals surface area contributed by atoms with Crippen LogP contribution in [0.15, 0.2) is 237 Å². The molecule has 68 heavy (non-hydrogen) atoms. The van der Waals surface area contributed by atoms with E-state index in [1.807, 2.05) is 0 Å². The second-order valence-corrected chi connectivity index (χ2v) is 19.0. The van der Waals surface area contributed by atoms with E-state index in [1.165, 1.54) is 111 Å². The van der Waals surface area contributed by atoms with Gasteiger partial charge in [0, 0.05) is 33.4 Å². The fourth-order valence-corrected chi connectivity index (χ4v) is 13.4. The first-order chi connectivity index (χ1) is 33.8. The van der Waals surface area contributed by atoms with Gasteiger partial charge in [0.25, 0.3) is 0 Å². The summed E-state index contributed by atoms with van der Waals surface area (Å²) < 4.78 is 2.47. The molecule has 10 aromatic carbocycles. The highest BCUT2D eigenvalue weighted by Crippen LogP contribution is 2.69. The number of aryl methyl sites for hydroxylation is 1. The Labute approximate surface area is 396 Å². The molecule has 318 valence electrons. The molecule has 2 spiro atoms. The van der Waals surface area contributed by atoms with E-state index < -0.39 is 10.8 Å². The summed E-state index contributed by atoms with van der Waals surface area (Å²) in [5.74, 6) is 0. The van der Waals surface area contributed by atoms with Crippen LogP contribution in [0.4, 0.5) is 17.1 Å². The quantitative estimate of drug-likeness (QED) is 0.171. The zero-order valence-electron chi connectivity index (χ0n) is 37.4. The van der Waals surface area contributed by atoms with Gasteiger partial charge < -0.3 is 9.47 Å². The summed E-state index contributed by atoms with van der Waals surface area (Å²) in [6.45, 7) is 0. The molecule has 0 N–H and O–H groups in total. The minimum atomic E-state index is -0.651. The van der Waals surface area contributed by atoms with Crippen LogP contribution in [0, 0.1) is 0 Å². The van der Waals surface area contributed by atoms with E-state index in [-0.39, 0.29) is 0 Å². The first-order valence-corrected chi connectivity index (χ1v) is 24.1. The van der Waals surface area contributed by atoms with E-state index in [0.29, 0.717) is 0 Å². The molecule has 11 aromatic rings. The van der Waals surface area contributed by atoms with E-state index in [0.717, 1.165) is 24.2 Å². The molecular weight excluding hydrogens is 821 g/mol. The predicted molar refractivity (Wildman–Crippen MR) is 281 cm³/mol. The molecule has 0 bridgehead atoms. The fraction of sp³-hybridized carbons (Fsp3) is 0.0606. The number of hydrogen-bond donors (Lipinski definition) is 0. The maximum atomic E-state index is 2.56. The van der Waals surface area contributed by atoms with Crippen molar-refractivity contribution in [2.45, 2.75) is 23.7 Å². The summed E-state index contributed by atoms with van der Waals surface area (Å²) in [4.78, 5) is 2.56. The van der Waals surface area contributed by atoms with E-state index in [2.05, 4.69) is 252 Å². The molecule has 0 unspecified atom stereocenters. The molecule has 15 rings (SSSR count). The lowest BCUT2D eigenvalue weighted by Crippen LogP contribution is -2.44. The Morgan fingerprint density at radius 1 is 0.382 bits per heavy atom. The highest BCUT2D eigenvalue weighted by molar-refractivity contribution is 6.11. The van der Waals surface area contributed by atoms with Crippen molar-refractivity contribution < 1.29 is 0 Å². The second-order valence-electron chi connectivity index (χ2n) is 19.0. The normalized spacial score (nSPS) is 14.8. The predicted octanol–water partition coefficient (Wildman–Crippen LogP) is 16.3. The molecule has 0 amide bonds. The van der Waals surface area contributed by atoms with Gasteiger partial charge in [0.2, 0.25) is 0 Å². The number of anilines is 3. The van der Waals surface area contributed by atoms with Crippen molar-refractivity contribution >= 4 is 44.9 Å². The number of fused-ring (bicyclic) bond motifs is 20. The largest absolute Gasteiger partial charge is 0.310 e. The monoisotopic (exact) mass is 864 g/mol. The van der Waals surface area contributed by atoms with E-state index in [9.17, 15) is 0 Å². The molecule has 2 heteroatoms. The summed E-state index contributed by atoms with van der Waals surface area (Å²) in [6, 6.07) is 87.6. The standard InChI is InChI=1S/C66H44N2/c1-2-21-45(22-3-1)67(47-39-40-62-53(42-47)52-27-10-17-35-61(52)68(62)46-38-37-43-19-4-5-20-44(43)41-46)63-36-18-34-60-64(63)66(56-30-13-8-25-50(56)51-26-9-14-31-57(51)66)59-33-16-15-32-58(59)65(60)54-28-11-6-23-48(54)49-24-7-12-29-55(49)65/h1-4,6-19,21-42H,5,20H2. The van der Waals surface area contributed by atoms with Crippen LogP contribution >= 0.6 is 0 Å². The average Bonchev–Trinajstić information content (AvgIpc) is 4.01. The van der Waals surface area contributed by atoms with Crippen molar-refractivity contribution in [2.24, 2.45) is 0 Å². The lowest BCUT2D eigenvalue weighted by atomic mass is 9.52. The first-order valence-electron chi connectivity index (χ1n) is 24.1. The van der Waals surface area contributed by atoms with Crippen molar-refractivity contribution in [3.63, 3.8) is 0 Å². The maximum absolute atomic E-state index is 2.56. The highest BCUT2D eigenvalue weighted by Gasteiger charge is 2.60. The molecule has 0 saturated carbocycles. The van der Waals surface area contributed by atoms with Crippen LogP contribution in [-0.4, -0.2) is 4.57 Å². The van der Waals surface area contributed by atoms with E-state index in [4.69, 9.17) is 0 Å². The number of rotatable bonds is 4. The third-order valence-electron chi connectivity index (χ3n) is 15.9.